The first-order chi connectivity index (χ1) is 11.4. The normalized spacial score (nSPS) is 25.9. The van der Waals surface area contributed by atoms with E-state index in [1.807, 2.05) is 0 Å². The Hall–Kier alpha value is -1.70. The number of aliphatic hydroxyl groups is 2. The highest BCUT2D eigenvalue weighted by Gasteiger charge is 2.55. The third-order valence-corrected chi connectivity index (χ3v) is 5.71. The van der Waals surface area contributed by atoms with Gasteiger partial charge in [0.2, 0.25) is 5.95 Å². The Balaban J connectivity index is 1.56. The van der Waals surface area contributed by atoms with Crippen molar-refractivity contribution in [3.8, 4) is 0 Å². The lowest BCUT2D eigenvalue weighted by Gasteiger charge is -2.54. The van der Waals surface area contributed by atoms with Gasteiger partial charge < -0.3 is 15.1 Å². The van der Waals surface area contributed by atoms with Crippen molar-refractivity contribution in [1.82, 2.24) is 14.3 Å². The van der Waals surface area contributed by atoms with Crippen LogP contribution in [0, 0.1) is 11.4 Å². The van der Waals surface area contributed by atoms with Crippen LogP contribution in [-0.2, 0) is 0 Å². The molecule has 2 N–H and O–H groups in total. The highest BCUT2D eigenvalue weighted by atomic mass is 35.5. The zero-order chi connectivity index (χ0) is 17.1. The molecule has 1 amide bonds. The maximum absolute atomic E-state index is 14.5. The molecule has 6 nitrogen and oxygen atoms in total. The minimum Gasteiger partial charge on any atom is -0.392 e. The average molecular weight is 354 g/mol. The Kier molecular flexibility index (Phi) is 3.56. The predicted molar refractivity (Wildman–Crippen MR) is 84.4 cm³/mol. The largest absolute Gasteiger partial charge is 0.392 e. The summed E-state index contributed by atoms with van der Waals surface area (Å²) in [5.41, 5.74) is -0.427. The molecule has 0 radical (unpaired) electrons. The van der Waals surface area contributed by atoms with Gasteiger partial charge in [0, 0.05) is 31.1 Å². The van der Waals surface area contributed by atoms with Crippen LogP contribution in [-0.4, -0.2) is 55.7 Å². The molecule has 2 aromatic heterocycles. The number of carbonyl (C=O) groups excluding carboxylic acids is 1. The number of fused-ring (bicyclic) bond motifs is 1. The summed E-state index contributed by atoms with van der Waals surface area (Å²) in [7, 11) is 0. The molecular weight excluding hydrogens is 337 g/mol. The Morgan fingerprint density at radius 3 is 2.58 bits per heavy atom. The molecule has 3 heterocycles. The second-order valence-electron chi connectivity index (χ2n) is 6.62. The number of aromatic nitrogens is 2. The third-order valence-electron chi connectivity index (χ3n) is 5.48. The fourth-order valence-electron chi connectivity index (χ4n) is 3.81. The number of carbonyl (C=O) groups is 1. The number of hydrogen-bond acceptors (Lipinski definition) is 4. The van der Waals surface area contributed by atoms with Crippen LogP contribution in [0.3, 0.4) is 0 Å². The molecule has 2 atom stereocenters. The average Bonchev–Trinajstić information content (AvgIpc) is 2.91. The summed E-state index contributed by atoms with van der Waals surface area (Å²) in [6.45, 7) is 0.724. The van der Waals surface area contributed by atoms with Crippen molar-refractivity contribution >= 4 is 23.2 Å². The van der Waals surface area contributed by atoms with Crippen LogP contribution in [0.2, 0.25) is 5.02 Å². The highest BCUT2D eigenvalue weighted by molar-refractivity contribution is 6.30. The number of piperidine rings is 1. The Morgan fingerprint density at radius 2 is 1.96 bits per heavy atom. The summed E-state index contributed by atoms with van der Waals surface area (Å²) >= 11 is 5.85. The summed E-state index contributed by atoms with van der Waals surface area (Å²) in [6.07, 6.45) is 1.71. The van der Waals surface area contributed by atoms with Crippen LogP contribution in [0.4, 0.5) is 4.39 Å². The van der Waals surface area contributed by atoms with Crippen LogP contribution >= 0.6 is 11.6 Å². The maximum Gasteiger partial charge on any atom is 0.277 e. The van der Waals surface area contributed by atoms with Gasteiger partial charge in [0.1, 0.15) is 5.65 Å². The van der Waals surface area contributed by atoms with Crippen LogP contribution in [0.25, 0.3) is 5.65 Å². The lowest BCUT2D eigenvalue weighted by atomic mass is 9.58. The SMILES string of the molecule is O=C(c1nc2ccc(Cl)cn2c1F)N1CCC2(CC1)C(O)CC2O. The number of amides is 1. The van der Waals surface area contributed by atoms with E-state index >= 15 is 0 Å². The van der Waals surface area contributed by atoms with E-state index in [2.05, 4.69) is 4.98 Å². The van der Waals surface area contributed by atoms with Crippen molar-refractivity contribution in [2.45, 2.75) is 31.5 Å². The first-order valence-electron chi connectivity index (χ1n) is 7.91. The van der Waals surface area contributed by atoms with Gasteiger partial charge in [0.25, 0.3) is 5.91 Å². The quantitative estimate of drug-likeness (QED) is 0.814. The van der Waals surface area contributed by atoms with E-state index in [1.165, 1.54) is 11.1 Å². The minimum absolute atomic E-state index is 0.233. The van der Waals surface area contributed by atoms with E-state index in [4.69, 9.17) is 11.6 Å². The number of likely N-dealkylation sites (tertiary alicyclic amines) is 1. The van der Waals surface area contributed by atoms with E-state index in [0.717, 1.165) is 4.40 Å². The number of nitrogens with zero attached hydrogens (tertiary/aromatic N) is 3. The van der Waals surface area contributed by atoms with Crippen molar-refractivity contribution in [1.29, 1.82) is 0 Å². The predicted octanol–water partition coefficient (Wildman–Crippen LogP) is 1.47. The molecule has 2 unspecified atom stereocenters. The monoisotopic (exact) mass is 353 g/mol. The molecule has 2 fully saturated rings. The van der Waals surface area contributed by atoms with E-state index in [1.54, 1.807) is 12.1 Å². The zero-order valence-electron chi connectivity index (χ0n) is 12.8. The molecule has 1 saturated heterocycles. The van der Waals surface area contributed by atoms with E-state index in [9.17, 15) is 19.4 Å². The summed E-state index contributed by atoms with van der Waals surface area (Å²) < 4.78 is 15.6. The topological polar surface area (TPSA) is 78.1 Å². The highest BCUT2D eigenvalue weighted by Crippen LogP contribution is 2.49. The van der Waals surface area contributed by atoms with E-state index in [-0.39, 0.29) is 5.69 Å². The van der Waals surface area contributed by atoms with Gasteiger partial charge in [-0.25, -0.2) is 4.98 Å². The van der Waals surface area contributed by atoms with Crippen LogP contribution in [0.15, 0.2) is 18.3 Å². The van der Waals surface area contributed by atoms with Gasteiger partial charge in [-0.1, -0.05) is 11.6 Å². The second kappa shape index (κ2) is 5.40. The summed E-state index contributed by atoms with van der Waals surface area (Å²) in [6, 6.07) is 3.13. The van der Waals surface area contributed by atoms with Gasteiger partial charge in [-0.15, -0.1) is 0 Å². The second-order valence-corrected chi connectivity index (χ2v) is 7.06. The number of halogens is 2. The number of imidazole rings is 1. The fourth-order valence-corrected chi connectivity index (χ4v) is 3.97. The first kappa shape index (κ1) is 15.8. The maximum atomic E-state index is 14.5. The molecular formula is C16H17ClFN3O3. The van der Waals surface area contributed by atoms with Gasteiger partial charge in [0.05, 0.1) is 17.2 Å². The summed E-state index contributed by atoms with van der Waals surface area (Å²) in [5.74, 6) is -1.22. The molecule has 4 rings (SSSR count). The number of pyridine rings is 1. The van der Waals surface area contributed by atoms with Crippen LogP contribution in [0.5, 0.6) is 0 Å². The molecule has 1 spiro atoms. The van der Waals surface area contributed by atoms with Gasteiger partial charge in [-0.05, 0) is 25.0 Å². The zero-order valence-corrected chi connectivity index (χ0v) is 13.6. The van der Waals surface area contributed by atoms with E-state index < -0.39 is 29.5 Å². The van der Waals surface area contributed by atoms with Crippen molar-refractivity contribution in [2.75, 3.05) is 13.1 Å². The fraction of sp³-hybridized carbons (Fsp3) is 0.500. The number of rotatable bonds is 1. The van der Waals surface area contributed by atoms with Crippen molar-refractivity contribution in [3.05, 3.63) is 35.0 Å². The molecule has 24 heavy (non-hydrogen) atoms. The van der Waals surface area contributed by atoms with Crippen LogP contribution < -0.4 is 0 Å². The molecule has 0 aromatic carbocycles. The molecule has 128 valence electrons. The first-order valence-corrected chi connectivity index (χ1v) is 8.29. The standard InChI is InChI=1S/C16H17ClFN3O3/c17-9-1-2-12-19-13(14(18)21(12)8-9)15(24)20-5-3-16(4-6-20)10(22)7-11(16)23/h1-2,8,10-11,22-23H,3-7H2. The van der Waals surface area contributed by atoms with E-state index in [0.29, 0.717) is 43.0 Å². The molecule has 8 heteroatoms. The van der Waals surface area contributed by atoms with Crippen molar-refractivity contribution in [2.24, 2.45) is 5.41 Å². The molecule has 2 aliphatic rings. The number of aliphatic hydroxyl groups excluding tert-OH is 2. The smallest absolute Gasteiger partial charge is 0.277 e. The lowest BCUT2D eigenvalue weighted by Crippen LogP contribution is -2.61. The Bertz CT molecular complexity index is 806. The van der Waals surface area contributed by atoms with Crippen molar-refractivity contribution in [3.63, 3.8) is 0 Å². The summed E-state index contributed by atoms with van der Waals surface area (Å²) in [4.78, 5) is 18.2. The molecule has 1 aliphatic heterocycles. The molecule has 2 aromatic rings. The van der Waals surface area contributed by atoms with Gasteiger partial charge in [0.15, 0.2) is 5.69 Å². The van der Waals surface area contributed by atoms with Gasteiger partial charge in [-0.3, -0.25) is 9.20 Å². The number of hydrogen-bond donors (Lipinski definition) is 2. The van der Waals surface area contributed by atoms with Gasteiger partial charge >= 0.3 is 0 Å². The molecule has 1 aliphatic carbocycles. The summed E-state index contributed by atoms with van der Waals surface area (Å²) in [5, 5.41) is 20.3. The van der Waals surface area contributed by atoms with Crippen molar-refractivity contribution < 1.29 is 19.4 Å². The minimum atomic E-state index is -0.735. The molecule has 1 saturated carbocycles. The molecule has 0 bridgehead atoms. The van der Waals surface area contributed by atoms with Crippen LogP contribution in [0.1, 0.15) is 29.8 Å². The third kappa shape index (κ3) is 2.15. The van der Waals surface area contributed by atoms with Gasteiger partial charge in [-0.2, -0.15) is 4.39 Å². The Morgan fingerprint density at radius 1 is 1.29 bits per heavy atom. The Labute approximate surface area is 142 Å². The lowest BCUT2D eigenvalue weighted by molar-refractivity contribution is -0.187.